The highest BCUT2D eigenvalue weighted by atomic mass is 14.9. The minimum Gasteiger partial charge on any atom is -0.310 e. The summed E-state index contributed by atoms with van der Waals surface area (Å²) in [5.74, 6) is 1.66. The molecule has 0 saturated heterocycles. The summed E-state index contributed by atoms with van der Waals surface area (Å²) in [5.41, 5.74) is 3.14. The van der Waals surface area contributed by atoms with Crippen LogP contribution in [0, 0.1) is 11.8 Å². The van der Waals surface area contributed by atoms with Gasteiger partial charge in [-0.1, -0.05) is 57.9 Å². The molecule has 0 amide bonds. The Balaban J connectivity index is 2.18. The van der Waals surface area contributed by atoms with Crippen LogP contribution in [0.15, 0.2) is 24.3 Å². The van der Waals surface area contributed by atoms with Crippen LogP contribution in [0.5, 0.6) is 0 Å². The van der Waals surface area contributed by atoms with Gasteiger partial charge in [0.2, 0.25) is 0 Å². The van der Waals surface area contributed by atoms with E-state index in [1.165, 1.54) is 38.5 Å². The maximum atomic E-state index is 3.78. The smallest absolute Gasteiger partial charge is 0.0351 e. The van der Waals surface area contributed by atoms with Crippen molar-refractivity contribution in [1.29, 1.82) is 0 Å². The van der Waals surface area contributed by atoms with Crippen LogP contribution < -0.4 is 5.32 Å². The fourth-order valence-corrected chi connectivity index (χ4v) is 3.92. The van der Waals surface area contributed by atoms with E-state index < -0.39 is 0 Å². The molecule has 0 spiro atoms. The lowest BCUT2D eigenvalue weighted by Gasteiger charge is -2.29. The molecule has 1 nitrogen and oxygen atoms in total. The maximum Gasteiger partial charge on any atom is 0.0351 e. The van der Waals surface area contributed by atoms with Gasteiger partial charge < -0.3 is 5.32 Å². The Morgan fingerprint density at radius 3 is 2.80 bits per heavy atom. The van der Waals surface area contributed by atoms with Crippen molar-refractivity contribution in [2.24, 2.45) is 11.8 Å². The van der Waals surface area contributed by atoms with Crippen LogP contribution in [0.3, 0.4) is 0 Å². The Morgan fingerprint density at radius 2 is 2.05 bits per heavy atom. The van der Waals surface area contributed by atoms with Crippen molar-refractivity contribution in [1.82, 2.24) is 5.32 Å². The van der Waals surface area contributed by atoms with Gasteiger partial charge in [-0.3, -0.25) is 0 Å². The number of aryl methyl sites for hydroxylation is 1. The second kappa shape index (κ2) is 7.83. The molecule has 0 heterocycles. The molecule has 1 aromatic rings. The second-order valence-corrected chi connectivity index (χ2v) is 6.52. The number of benzene rings is 1. The van der Waals surface area contributed by atoms with Crippen molar-refractivity contribution in [2.75, 3.05) is 6.54 Å². The van der Waals surface area contributed by atoms with Crippen LogP contribution in [-0.4, -0.2) is 6.54 Å². The number of hydrogen-bond donors (Lipinski definition) is 1. The van der Waals surface area contributed by atoms with Crippen LogP contribution >= 0.6 is 0 Å². The standard InChI is InChI=1S/C19H31N/c1-4-9-15(3)14-17-12-8-11-16-10-6-7-13-18(16)19(17)20-5-2/h6-7,10,13,15,17,19-20H,4-5,8-9,11-12,14H2,1-3H3. The van der Waals surface area contributed by atoms with E-state index in [1.54, 1.807) is 11.1 Å². The molecule has 0 saturated carbocycles. The van der Waals surface area contributed by atoms with Gasteiger partial charge >= 0.3 is 0 Å². The zero-order chi connectivity index (χ0) is 14.4. The van der Waals surface area contributed by atoms with Crippen molar-refractivity contribution in [3.63, 3.8) is 0 Å². The summed E-state index contributed by atoms with van der Waals surface area (Å²) in [7, 11) is 0. The van der Waals surface area contributed by atoms with Crippen molar-refractivity contribution >= 4 is 0 Å². The molecule has 0 bridgehead atoms. The second-order valence-electron chi connectivity index (χ2n) is 6.52. The summed E-state index contributed by atoms with van der Waals surface area (Å²) in [5, 5.41) is 3.78. The van der Waals surface area contributed by atoms with E-state index in [2.05, 4.69) is 50.4 Å². The van der Waals surface area contributed by atoms with E-state index in [-0.39, 0.29) is 0 Å². The molecule has 3 unspecified atom stereocenters. The number of fused-ring (bicyclic) bond motifs is 1. The summed E-state index contributed by atoms with van der Waals surface area (Å²) in [6, 6.07) is 9.66. The van der Waals surface area contributed by atoms with E-state index in [0.717, 1.165) is 18.4 Å². The first-order chi connectivity index (χ1) is 9.76. The third-order valence-corrected chi connectivity index (χ3v) is 4.79. The molecule has 0 aromatic heterocycles. The predicted molar refractivity (Wildman–Crippen MR) is 88.0 cm³/mol. The molecule has 112 valence electrons. The Hall–Kier alpha value is -0.820. The topological polar surface area (TPSA) is 12.0 Å². The lowest BCUT2D eigenvalue weighted by molar-refractivity contribution is 0.278. The van der Waals surface area contributed by atoms with Gasteiger partial charge in [0.15, 0.2) is 0 Å². The van der Waals surface area contributed by atoms with Gasteiger partial charge in [0.05, 0.1) is 0 Å². The highest BCUT2D eigenvalue weighted by Gasteiger charge is 2.27. The highest BCUT2D eigenvalue weighted by Crippen LogP contribution is 2.37. The van der Waals surface area contributed by atoms with Gasteiger partial charge in [0, 0.05) is 6.04 Å². The summed E-state index contributed by atoms with van der Waals surface area (Å²) in [6.07, 6.45) is 8.05. The number of nitrogens with one attached hydrogen (secondary N) is 1. The molecule has 1 N–H and O–H groups in total. The van der Waals surface area contributed by atoms with Gasteiger partial charge in [-0.15, -0.1) is 0 Å². The van der Waals surface area contributed by atoms with E-state index in [4.69, 9.17) is 0 Å². The molecule has 1 aliphatic carbocycles. The van der Waals surface area contributed by atoms with Gasteiger partial charge in [-0.25, -0.2) is 0 Å². The van der Waals surface area contributed by atoms with E-state index in [0.29, 0.717) is 6.04 Å². The maximum absolute atomic E-state index is 3.78. The summed E-state index contributed by atoms with van der Waals surface area (Å²) >= 11 is 0. The van der Waals surface area contributed by atoms with Crippen LogP contribution in [0.1, 0.15) is 70.0 Å². The van der Waals surface area contributed by atoms with Crippen molar-refractivity contribution in [3.8, 4) is 0 Å². The molecule has 0 radical (unpaired) electrons. The first kappa shape index (κ1) is 15.6. The molecule has 0 fully saturated rings. The number of rotatable bonds is 6. The summed E-state index contributed by atoms with van der Waals surface area (Å²) in [6.45, 7) is 8.04. The third-order valence-electron chi connectivity index (χ3n) is 4.79. The Labute approximate surface area is 125 Å². The predicted octanol–water partition coefficient (Wildman–Crippen LogP) is 5.12. The molecular weight excluding hydrogens is 242 g/mol. The lowest BCUT2D eigenvalue weighted by atomic mass is 9.83. The highest BCUT2D eigenvalue weighted by molar-refractivity contribution is 5.31. The summed E-state index contributed by atoms with van der Waals surface area (Å²) in [4.78, 5) is 0. The van der Waals surface area contributed by atoms with E-state index in [9.17, 15) is 0 Å². The molecule has 2 rings (SSSR count). The largest absolute Gasteiger partial charge is 0.310 e. The molecule has 1 aliphatic rings. The van der Waals surface area contributed by atoms with E-state index >= 15 is 0 Å². The third kappa shape index (κ3) is 3.85. The van der Waals surface area contributed by atoms with E-state index in [1.807, 2.05) is 0 Å². The molecule has 20 heavy (non-hydrogen) atoms. The average molecular weight is 273 g/mol. The first-order valence-electron chi connectivity index (χ1n) is 8.57. The van der Waals surface area contributed by atoms with Crippen molar-refractivity contribution < 1.29 is 0 Å². The van der Waals surface area contributed by atoms with Crippen molar-refractivity contribution in [3.05, 3.63) is 35.4 Å². The molecule has 3 atom stereocenters. The Bertz CT molecular complexity index is 399. The fourth-order valence-electron chi connectivity index (χ4n) is 3.92. The monoisotopic (exact) mass is 273 g/mol. The zero-order valence-electron chi connectivity index (χ0n) is 13.5. The van der Waals surface area contributed by atoms with Gasteiger partial charge in [0.25, 0.3) is 0 Å². The van der Waals surface area contributed by atoms with Crippen LogP contribution in [-0.2, 0) is 6.42 Å². The molecule has 1 aromatic carbocycles. The fraction of sp³-hybridized carbons (Fsp3) is 0.684. The number of hydrogen-bond acceptors (Lipinski definition) is 1. The van der Waals surface area contributed by atoms with Crippen LogP contribution in [0.4, 0.5) is 0 Å². The molecular formula is C19H31N. The Morgan fingerprint density at radius 1 is 1.25 bits per heavy atom. The summed E-state index contributed by atoms with van der Waals surface area (Å²) < 4.78 is 0. The van der Waals surface area contributed by atoms with Crippen LogP contribution in [0.2, 0.25) is 0 Å². The quantitative estimate of drug-likeness (QED) is 0.710. The SMILES string of the molecule is CCCC(C)CC1CCCc2ccccc2C1NCC. The molecule has 0 aliphatic heterocycles. The normalized spacial score (nSPS) is 23.9. The minimum absolute atomic E-state index is 0.568. The van der Waals surface area contributed by atoms with Crippen LogP contribution in [0.25, 0.3) is 0 Å². The van der Waals surface area contributed by atoms with Gasteiger partial charge in [-0.2, -0.15) is 0 Å². The minimum atomic E-state index is 0.568. The van der Waals surface area contributed by atoms with Crippen molar-refractivity contribution in [2.45, 2.75) is 65.3 Å². The van der Waals surface area contributed by atoms with Gasteiger partial charge in [-0.05, 0) is 55.2 Å². The molecule has 1 heteroatoms. The zero-order valence-corrected chi connectivity index (χ0v) is 13.5. The average Bonchev–Trinajstić information content (AvgIpc) is 2.60. The van der Waals surface area contributed by atoms with Gasteiger partial charge in [0.1, 0.15) is 0 Å². The Kier molecular flexibility index (Phi) is 6.09. The first-order valence-corrected chi connectivity index (χ1v) is 8.57. The lowest BCUT2D eigenvalue weighted by Crippen LogP contribution is -2.29.